The van der Waals surface area contributed by atoms with Gasteiger partial charge in [-0.1, -0.05) is 44.5 Å². The van der Waals surface area contributed by atoms with Crippen molar-refractivity contribution in [2.45, 2.75) is 40.3 Å². The van der Waals surface area contributed by atoms with Crippen molar-refractivity contribution < 1.29 is 18.4 Å². The Kier molecular flexibility index (Phi) is 8.93. The van der Waals surface area contributed by atoms with Gasteiger partial charge < -0.3 is 9.80 Å². The maximum atomic E-state index is 14.4. The maximum Gasteiger partial charge on any atom is 0.257 e. The van der Waals surface area contributed by atoms with Crippen LogP contribution >= 0.6 is 11.3 Å². The van der Waals surface area contributed by atoms with Gasteiger partial charge in [0.25, 0.3) is 5.91 Å². The lowest BCUT2D eigenvalue weighted by molar-refractivity contribution is -0.133. The van der Waals surface area contributed by atoms with Crippen molar-refractivity contribution in [1.82, 2.24) is 9.80 Å². The van der Waals surface area contributed by atoms with E-state index >= 15 is 0 Å². The van der Waals surface area contributed by atoms with E-state index in [0.717, 1.165) is 21.7 Å². The summed E-state index contributed by atoms with van der Waals surface area (Å²) in [6.07, 6.45) is 0.822. The molecule has 0 saturated carbocycles. The molecule has 0 aliphatic carbocycles. The Morgan fingerprint density at radius 3 is 2.26 bits per heavy atom. The van der Waals surface area contributed by atoms with Crippen LogP contribution in [0, 0.1) is 24.5 Å². The summed E-state index contributed by atoms with van der Waals surface area (Å²) >= 11 is 1.60. The summed E-state index contributed by atoms with van der Waals surface area (Å²) in [5, 5.41) is 0. The van der Waals surface area contributed by atoms with Crippen molar-refractivity contribution in [3.8, 4) is 0 Å². The smallest absolute Gasteiger partial charge is 0.257 e. The van der Waals surface area contributed by atoms with Crippen molar-refractivity contribution in [3.63, 3.8) is 0 Å². The van der Waals surface area contributed by atoms with E-state index in [9.17, 15) is 18.4 Å². The zero-order valence-electron chi connectivity index (χ0n) is 19.8. The van der Waals surface area contributed by atoms with Crippen LogP contribution in [0.5, 0.6) is 0 Å². The molecular formula is C27H30F2N2O2S. The van der Waals surface area contributed by atoms with Crippen LogP contribution < -0.4 is 0 Å². The number of aryl methyl sites for hydroxylation is 1. The second-order valence-corrected chi connectivity index (χ2v) is 9.94. The third-order valence-corrected chi connectivity index (χ3v) is 6.71. The highest BCUT2D eigenvalue weighted by molar-refractivity contribution is 7.11. The molecule has 0 radical (unpaired) electrons. The number of amides is 2. The summed E-state index contributed by atoms with van der Waals surface area (Å²) in [4.78, 5) is 32.0. The molecule has 1 aromatic heterocycles. The van der Waals surface area contributed by atoms with E-state index in [2.05, 4.69) is 0 Å². The molecule has 34 heavy (non-hydrogen) atoms. The highest BCUT2D eigenvalue weighted by atomic mass is 32.1. The average molecular weight is 485 g/mol. The Morgan fingerprint density at radius 1 is 0.941 bits per heavy atom. The molecule has 0 unspecified atom stereocenters. The van der Waals surface area contributed by atoms with E-state index in [-0.39, 0.29) is 36.3 Å². The second kappa shape index (κ2) is 11.9. The number of hydrogen-bond donors (Lipinski definition) is 0. The number of hydrogen-bond acceptors (Lipinski definition) is 3. The van der Waals surface area contributed by atoms with Crippen LogP contribution in [0.4, 0.5) is 8.78 Å². The zero-order chi connectivity index (χ0) is 24.7. The number of carbonyl (C=O) groups is 2. The average Bonchev–Trinajstić information content (AvgIpc) is 3.23. The fraction of sp³-hybridized carbons (Fsp3) is 0.333. The fourth-order valence-corrected chi connectivity index (χ4v) is 4.50. The van der Waals surface area contributed by atoms with Crippen LogP contribution in [-0.4, -0.2) is 34.7 Å². The molecule has 0 N–H and O–H groups in total. The Labute approximate surface area is 203 Å². The summed E-state index contributed by atoms with van der Waals surface area (Å²) in [5.41, 5.74) is 0.745. The molecule has 180 valence electrons. The summed E-state index contributed by atoms with van der Waals surface area (Å²) in [7, 11) is 0. The molecule has 4 nitrogen and oxygen atoms in total. The van der Waals surface area contributed by atoms with Crippen molar-refractivity contribution >= 4 is 23.2 Å². The molecule has 0 aliphatic rings. The van der Waals surface area contributed by atoms with Crippen molar-refractivity contribution in [2.24, 2.45) is 5.92 Å². The van der Waals surface area contributed by atoms with Crippen LogP contribution in [0.25, 0.3) is 0 Å². The first-order chi connectivity index (χ1) is 16.3. The van der Waals surface area contributed by atoms with Gasteiger partial charge in [0.05, 0.1) is 12.1 Å². The fourth-order valence-electron chi connectivity index (χ4n) is 3.59. The van der Waals surface area contributed by atoms with Crippen LogP contribution in [-0.2, 0) is 17.9 Å². The van der Waals surface area contributed by atoms with E-state index < -0.39 is 11.7 Å². The van der Waals surface area contributed by atoms with Gasteiger partial charge in [-0.25, -0.2) is 8.78 Å². The van der Waals surface area contributed by atoms with E-state index in [1.807, 2.05) is 32.9 Å². The summed E-state index contributed by atoms with van der Waals surface area (Å²) < 4.78 is 27.7. The molecule has 0 bridgehead atoms. The molecule has 0 aliphatic heterocycles. The molecule has 1 heterocycles. The van der Waals surface area contributed by atoms with Crippen molar-refractivity contribution in [3.05, 3.63) is 93.2 Å². The normalized spacial score (nSPS) is 11.8. The van der Waals surface area contributed by atoms with Crippen molar-refractivity contribution in [2.75, 3.05) is 13.1 Å². The number of halogens is 2. The summed E-state index contributed by atoms with van der Waals surface area (Å²) in [6.45, 7) is 6.85. The molecule has 3 aromatic rings. The molecule has 7 heteroatoms. The minimum Gasteiger partial charge on any atom is -0.332 e. The highest BCUT2D eigenvalue weighted by Crippen LogP contribution is 2.20. The second-order valence-electron chi connectivity index (χ2n) is 8.57. The maximum absolute atomic E-state index is 14.4. The van der Waals surface area contributed by atoms with Gasteiger partial charge >= 0.3 is 0 Å². The summed E-state index contributed by atoms with van der Waals surface area (Å²) in [6, 6.07) is 15.8. The molecule has 1 atom stereocenters. The third kappa shape index (κ3) is 6.97. The largest absolute Gasteiger partial charge is 0.332 e. The molecule has 3 rings (SSSR count). The lowest BCUT2D eigenvalue weighted by Crippen LogP contribution is -2.44. The number of nitrogens with zero attached hydrogens (tertiary/aromatic N) is 2. The van der Waals surface area contributed by atoms with Gasteiger partial charge in [-0.2, -0.15) is 0 Å². The Hall–Kier alpha value is -3.06. The van der Waals surface area contributed by atoms with Gasteiger partial charge in [0.1, 0.15) is 18.2 Å². The number of carbonyl (C=O) groups excluding carboxylic acids is 2. The van der Waals surface area contributed by atoms with Gasteiger partial charge in [-0.15, -0.1) is 11.3 Å². The van der Waals surface area contributed by atoms with Gasteiger partial charge in [0.15, 0.2) is 0 Å². The van der Waals surface area contributed by atoms with Crippen LogP contribution in [0.2, 0.25) is 0 Å². The first kappa shape index (κ1) is 25.6. The van der Waals surface area contributed by atoms with Gasteiger partial charge in [-0.3, -0.25) is 9.59 Å². The molecule has 0 fully saturated rings. The van der Waals surface area contributed by atoms with Crippen LogP contribution in [0.3, 0.4) is 0 Å². The first-order valence-corrected chi connectivity index (χ1v) is 12.2. The molecule has 2 amide bonds. The predicted molar refractivity (Wildman–Crippen MR) is 131 cm³/mol. The van der Waals surface area contributed by atoms with Crippen molar-refractivity contribution in [1.29, 1.82) is 0 Å². The third-order valence-electron chi connectivity index (χ3n) is 5.73. The standard InChI is InChI=1S/C27H30F2N2O2S/c1-4-19(2)15-31(27(33)24-7-5-6-8-25(24)29)18-26(32)30(17-23-14-9-20(3)34-23)16-21-10-12-22(28)13-11-21/h5-14,19H,4,15-18H2,1-3H3/t19-/m1/s1. The number of benzene rings is 2. The summed E-state index contributed by atoms with van der Waals surface area (Å²) in [5.74, 6) is -1.55. The SMILES string of the molecule is CC[C@@H](C)CN(CC(=O)N(Cc1ccc(F)cc1)Cc1ccc(C)s1)C(=O)c1ccccc1F. The van der Waals surface area contributed by atoms with E-state index in [1.165, 1.54) is 35.2 Å². The quantitative estimate of drug-likeness (QED) is 0.351. The Bertz CT molecular complexity index is 1110. The molecular weight excluding hydrogens is 454 g/mol. The zero-order valence-corrected chi connectivity index (χ0v) is 20.6. The minimum absolute atomic E-state index is 0.0439. The monoisotopic (exact) mass is 484 g/mol. The van der Waals surface area contributed by atoms with Gasteiger partial charge in [-0.05, 0) is 54.8 Å². The first-order valence-electron chi connectivity index (χ1n) is 11.4. The van der Waals surface area contributed by atoms with E-state index in [0.29, 0.717) is 13.1 Å². The van der Waals surface area contributed by atoms with Crippen LogP contribution in [0.1, 0.15) is 45.9 Å². The van der Waals surface area contributed by atoms with Gasteiger partial charge in [0.2, 0.25) is 5.91 Å². The molecule has 0 spiro atoms. The lowest BCUT2D eigenvalue weighted by Gasteiger charge is -2.29. The van der Waals surface area contributed by atoms with E-state index in [4.69, 9.17) is 0 Å². The van der Waals surface area contributed by atoms with Crippen LogP contribution in [0.15, 0.2) is 60.7 Å². The predicted octanol–water partition coefficient (Wildman–Crippen LogP) is 6.05. The minimum atomic E-state index is -0.605. The van der Waals surface area contributed by atoms with Gasteiger partial charge in [0, 0.05) is 22.8 Å². The number of thiophene rings is 1. The van der Waals surface area contributed by atoms with E-state index in [1.54, 1.807) is 34.4 Å². The topological polar surface area (TPSA) is 40.6 Å². The highest BCUT2D eigenvalue weighted by Gasteiger charge is 2.25. The lowest BCUT2D eigenvalue weighted by atomic mass is 10.1. The molecule has 2 aromatic carbocycles. The molecule has 0 saturated heterocycles. The Balaban J connectivity index is 1.85. The number of rotatable bonds is 10. The Morgan fingerprint density at radius 2 is 1.65 bits per heavy atom.